The van der Waals surface area contributed by atoms with E-state index in [1.807, 2.05) is 163 Å². The van der Waals surface area contributed by atoms with Crippen LogP contribution in [0.4, 0.5) is 11.4 Å². The van der Waals surface area contributed by atoms with Gasteiger partial charge in [-0.1, -0.05) is 0 Å². The van der Waals surface area contributed by atoms with Crippen molar-refractivity contribution in [3.63, 3.8) is 0 Å². The van der Waals surface area contributed by atoms with Crippen LogP contribution in [0.2, 0.25) is 0 Å². The molecule has 12 aromatic rings. The van der Waals surface area contributed by atoms with Gasteiger partial charge < -0.3 is 47.5 Å². The number of nitrogens with zero attached hydrogens (tertiary/aromatic N) is 6. The van der Waals surface area contributed by atoms with Crippen LogP contribution < -0.4 is 24.0 Å². The average molecular weight is 961 g/mol. The number of nitroso groups, excluding NO2 is 1. The molecule has 4 aromatic heterocycles. The number of rotatable bonds is 10. The van der Waals surface area contributed by atoms with E-state index in [0.717, 1.165) is 76.7 Å². The van der Waals surface area contributed by atoms with Crippen molar-refractivity contribution in [2.24, 2.45) is 0 Å². The summed E-state index contributed by atoms with van der Waals surface area (Å²) < 4.78 is 32.1. The molecule has 8 bridgehead atoms. The summed E-state index contributed by atoms with van der Waals surface area (Å²) in [4.78, 5) is 14.6. The number of hydroxylamine groups is 1. The van der Waals surface area contributed by atoms with Gasteiger partial charge in [0.25, 0.3) is 5.69 Å². The number of anilines is 1. The van der Waals surface area contributed by atoms with Gasteiger partial charge in [-0.25, -0.2) is 0 Å². The van der Waals surface area contributed by atoms with E-state index < -0.39 is 11.1 Å². The third-order valence-corrected chi connectivity index (χ3v) is 12.5. The molecule has 12 nitrogen and oxygen atoms in total. The smallest absolute Gasteiger partial charge is 0.260 e. The third kappa shape index (κ3) is 9.81. The van der Waals surface area contributed by atoms with E-state index in [9.17, 15) is 10.1 Å². The Hall–Kier alpha value is -8.48. The van der Waals surface area contributed by atoms with Crippen LogP contribution in [0.15, 0.2) is 182 Å². The molecule has 0 saturated heterocycles. The Kier molecular flexibility index (Phi) is 13.3. The Balaban J connectivity index is 1.55. The topological polar surface area (TPSA) is 103 Å². The van der Waals surface area contributed by atoms with E-state index in [-0.39, 0.29) is 0 Å². The maximum Gasteiger partial charge on any atom is 0.260 e. The van der Waals surface area contributed by atoms with E-state index in [0.29, 0.717) is 34.4 Å². The van der Waals surface area contributed by atoms with Gasteiger partial charge in [-0.05, 0) is 191 Å². The fourth-order valence-corrected chi connectivity index (χ4v) is 8.90. The highest BCUT2D eigenvalue weighted by Crippen LogP contribution is 2.34. The van der Waals surface area contributed by atoms with E-state index in [1.165, 1.54) is 0 Å². The van der Waals surface area contributed by atoms with Gasteiger partial charge in [-0.3, -0.25) is 0 Å². The van der Waals surface area contributed by atoms with Gasteiger partial charge >= 0.3 is 0 Å². The summed E-state index contributed by atoms with van der Waals surface area (Å²) in [5.41, 5.74) is 9.07. The molecule has 4 heterocycles. The van der Waals surface area contributed by atoms with Crippen molar-refractivity contribution in [1.82, 2.24) is 18.3 Å². The van der Waals surface area contributed by atoms with Gasteiger partial charge in [-0.2, -0.15) is 0 Å². The summed E-state index contributed by atoms with van der Waals surface area (Å²) in [6.07, 6.45) is 0. The van der Waals surface area contributed by atoms with Crippen molar-refractivity contribution in [3.05, 3.63) is 192 Å². The first kappa shape index (κ1) is 48.5. The minimum Gasteiger partial charge on any atom is -0.758 e. The Morgan fingerprint density at radius 2 is 0.625 bits per heavy atom. The highest BCUT2D eigenvalue weighted by Gasteiger charge is 2.32. The lowest BCUT2D eigenvalue weighted by Gasteiger charge is -2.43. The van der Waals surface area contributed by atoms with Gasteiger partial charge in [0, 0.05) is 98.6 Å². The zero-order chi connectivity index (χ0) is 50.9. The molecule has 0 radical (unpaired) electrons. The summed E-state index contributed by atoms with van der Waals surface area (Å²) in [6, 6.07) is 60.2. The van der Waals surface area contributed by atoms with Crippen molar-refractivity contribution in [2.75, 3.05) is 33.5 Å². The van der Waals surface area contributed by atoms with Gasteiger partial charge in [0.1, 0.15) is 23.0 Å². The fraction of sp³-hybridized carbons (Fsp3) is 0.200. The summed E-state index contributed by atoms with van der Waals surface area (Å²) in [6.45, 7) is 11.5. The van der Waals surface area contributed by atoms with Crippen LogP contribution in [-0.4, -0.2) is 62.5 Å². The van der Waals surface area contributed by atoms with Crippen LogP contribution >= 0.6 is 0 Å². The van der Waals surface area contributed by atoms with Gasteiger partial charge in [0.2, 0.25) is 5.54 Å². The molecule has 0 aliphatic heterocycles. The lowest BCUT2D eigenvalue weighted by Crippen LogP contribution is -2.36. The zero-order valence-electron chi connectivity index (χ0n) is 42.5. The molecule has 0 unspecified atom stereocenters. The van der Waals surface area contributed by atoms with Crippen LogP contribution in [0.3, 0.4) is 0 Å². The monoisotopic (exact) mass is 960 g/mol. The first-order valence-electron chi connectivity index (χ1n) is 23.8. The maximum absolute atomic E-state index is 14.6. The number of ether oxygens (including phenoxy) is 4. The van der Waals surface area contributed by atoms with E-state index in [2.05, 4.69) is 78.9 Å². The second kappa shape index (κ2) is 19.7. The highest BCUT2D eigenvalue weighted by atomic mass is 16.5. The number of aromatic nitrogens is 4. The molecule has 0 amide bonds. The van der Waals surface area contributed by atoms with Crippen LogP contribution in [0.25, 0.3) is 66.9 Å². The molecule has 0 atom stereocenters. The van der Waals surface area contributed by atoms with E-state index in [4.69, 9.17) is 18.9 Å². The van der Waals surface area contributed by atoms with Crippen molar-refractivity contribution in [2.45, 2.75) is 52.6 Å². The lowest BCUT2D eigenvalue weighted by molar-refractivity contribution is -0.539. The van der Waals surface area contributed by atoms with Crippen LogP contribution in [0.1, 0.15) is 41.5 Å². The molecular weight excluding hydrogens is 901 g/mol. The lowest BCUT2D eigenvalue weighted by atomic mass is 10.1. The zero-order valence-corrected chi connectivity index (χ0v) is 42.5. The van der Waals surface area contributed by atoms with Gasteiger partial charge in [-0.15, -0.1) is 0 Å². The molecule has 72 heavy (non-hydrogen) atoms. The van der Waals surface area contributed by atoms with Crippen molar-refractivity contribution < 1.29 is 23.7 Å². The van der Waals surface area contributed by atoms with E-state index in [1.54, 1.807) is 28.4 Å². The normalized spacial score (nSPS) is 11.6. The first-order valence-corrected chi connectivity index (χ1v) is 23.8. The molecule has 0 aliphatic carbocycles. The number of benzene rings is 8. The summed E-state index contributed by atoms with van der Waals surface area (Å²) in [5.74, 6) is 2.84. The molecule has 8 aromatic carbocycles. The minimum atomic E-state index is -0.773. The Labute approximate surface area is 419 Å². The largest absolute Gasteiger partial charge is 0.758 e. The van der Waals surface area contributed by atoms with Gasteiger partial charge in [0.15, 0.2) is 0 Å². The van der Waals surface area contributed by atoms with Crippen molar-refractivity contribution >= 4 is 55.5 Å². The molecule has 0 saturated carbocycles. The van der Waals surface area contributed by atoms with Crippen molar-refractivity contribution in [1.29, 1.82) is 0 Å². The number of hydrogen-bond acceptors (Lipinski definition) is 7. The number of hydrogen-bond donors (Lipinski definition) is 0. The molecule has 12 heteroatoms. The average Bonchev–Trinajstić information content (AvgIpc) is 3.39. The Bertz CT molecular complexity index is 3360. The van der Waals surface area contributed by atoms with Gasteiger partial charge in [0.05, 0.1) is 50.5 Å². The van der Waals surface area contributed by atoms with Crippen LogP contribution in [0.5, 0.6) is 23.0 Å². The minimum absolute atomic E-state index is 0.475. The standard InChI is InChI=1S/C60H60N6O6/c1-59(2,3)65(67)53-37-49-35-50(38-53)62(46-21-29-56(70-8)30-22-46)42-13-17-44(18-14-42)64(48-25-33-58(72-10)34-26-48)52-36-51(39-54(40-52)66(68)60(4,5)6)63(47-23-31-57(71-9)32-24-47)43-15-11-41(12-16-43)61(49)45-19-27-55(69-7)28-20-45/h11-40H,1-10H3. The predicted octanol–water partition coefficient (Wildman–Crippen LogP) is 14.6. The highest BCUT2D eigenvalue weighted by molar-refractivity contribution is 5.81. The molecular formula is C60H60N6O6. The summed E-state index contributed by atoms with van der Waals surface area (Å²) in [7, 11) is 6.60. The second-order valence-corrected chi connectivity index (χ2v) is 19.5. The molecule has 0 N–H and O–H groups in total. The molecule has 0 aliphatic rings. The second-order valence-electron chi connectivity index (χ2n) is 19.5. The molecule has 0 spiro atoms. The molecule has 366 valence electrons. The Morgan fingerprint density at radius 1 is 0.375 bits per heavy atom. The van der Waals surface area contributed by atoms with E-state index >= 15 is 0 Å². The Morgan fingerprint density at radius 3 is 0.847 bits per heavy atom. The van der Waals surface area contributed by atoms with Crippen molar-refractivity contribution in [3.8, 4) is 45.7 Å². The predicted molar refractivity (Wildman–Crippen MR) is 293 cm³/mol. The molecule has 0 fully saturated rings. The number of methoxy groups -OCH3 is 4. The van der Waals surface area contributed by atoms with Crippen LogP contribution in [0, 0.1) is 10.1 Å². The quantitative estimate of drug-likeness (QED) is 0.0993. The first-order chi connectivity index (χ1) is 34.6. The summed E-state index contributed by atoms with van der Waals surface area (Å²) in [5, 5.41) is 15.6. The SMILES string of the molecule is COc1ccc(-n2c3ccc(cc3)n(-c3ccc(OC)cc3)c3cc([N+](=O)C(C)(C)C)cc(c3)n(-c3ccc(OC)cc3)c3ccc(cc3)n(-c3ccc(OC)cc3)c3cc(N([O-])C(C)(C)C)cc2c3)cc1. The maximum atomic E-state index is 14.6. The summed E-state index contributed by atoms with van der Waals surface area (Å²) >= 11 is 0. The third-order valence-electron chi connectivity index (χ3n) is 12.5. The molecule has 12 rings (SSSR count). The van der Waals surface area contributed by atoms with Crippen LogP contribution in [-0.2, 0) is 0 Å². The fourth-order valence-electron chi connectivity index (χ4n) is 8.90.